The van der Waals surface area contributed by atoms with Crippen LogP contribution in [-0.4, -0.2) is 10.9 Å². The fourth-order valence-corrected chi connectivity index (χ4v) is 2.42. The topological polar surface area (TPSA) is 54.0 Å². The lowest BCUT2D eigenvalue weighted by Gasteiger charge is -2.10. The zero-order valence-electron chi connectivity index (χ0n) is 13.7. The SMILES string of the molecule is Cc1ccccc1Nc1ccc(NC(=O)c2ccccc2C)nc1. The summed E-state index contributed by atoms with van der Waals surface area (Å²) in [4.78, 5) is 16.6. The van der Waals surface area contributed by atoms with E-state index in [-0.39, 0.29) is 5.91 Å². The first-order chi connectivity index (χ1) is 11.6. The van der Waals surface area contributed by atoms with Gasteiger partial charge in [-0.3, -0.25) is 4.79 Å². The smallest absolute Gasteiger partial charge is 0.257 e. The molecule has 3 rings (SSSR count). The zero-order chi connectivity index (χ0) is 16.9. The summed E-state index contributed by atoms with van der Waals surface area (Å²) in [6, 6.07) is 19.2. The lowest BCUT2D eigenvalue weighted by atomic mass is 10.1. The van der Waals surface area contributed by atoms with Crippen LogP contribution in [0.2, 0.25) is 0 Å². The lowest BCUT2D eigenvalue weighted by Crippen LogP contribution is -2.14. The van der Waals surface area contributed by atoms with E-state index in [2.05, 4.69) is 15.6 Å². The van der Waals surface area contributed by atoms with Gasteiger partial charge in [0, 0.05) is 11.3 Å². The molecule has 4 heteroatoms. The van der Waals surface area contributed by atoms with E-state index in [1.807, 2.05) is 62.4 Å². The second-order valence-electron chi connectivity index (χ2n) is 5.64. The molecule has 120 valence electrons. The Kier molecular flexibility index (Phi) is 4.57. The van der Waals surface area contributed by atoms with Gasteiger partial charge in [-0.2, -0.15) is 0 Å². The average Bonchev–Trinajstić information content (AvgIpc) is 2.59. The van der Waals surface area contributed by atoms with Gasteiger partial charge in [0.05, 0.1) is 11.9 Å². The van der Waals surface area contributed by atoms with Gasteiger partial charge in [0.25, 0.3) is 5.91 Å². The minimum atomic E-state index is -0.153. The number of nitrogens with one attached hydrogen (secondary N) is 2. The highest BCUT2D eigenvalue weighted by molar-refractivity contribution is 6.04. The second kappa shape index (κ2) is 6.96. The number of carbonyl (C=O) groups is 1. The van der Waals surface area contributed by atoms with Crippen LogP contribution >= 0.6 is 0 Å². The highest BCUT2D eigenvalue weighted by Crippen LogP contribution is 2.20. The van der Waals surface area contributed by atoms with Crippen LogP contribution in [0.1, 0.15) is 21.5 Å². The molecule has 0 bridgehead atoms. The molecule has 0 spiro atoms. The first-order valence-corrected chi connectivity index (χ1v) is 7.79. The largest absolute Gasteiger partial charge is 0.354 e. The Morgan fingerprint density at radius 3 is 2.25 bits per heavy atom. The van der Waals surface area contributed by atoms with Crippen LogP contribution in [0.25, 0.3) is 0 Å². The molecule has 4 nitrogen and oxygen atoms in total. The van der Waals surface area contributed by atoms with E-state index < -0.39 is 0 Å². The summed E-state index contributed by atoms with van der Waals surface area (Å²) >= 11 is 0. The Morgan fingerprint density at radius 1 is 0.875 bits per heavy atom. The van der Waals surface area contributed by atoms with Crippen molar-refractivity contribution in [3.05, 3.63) is 83.6 Å². The first-order valence-electron chi connectivity index (χ1n) is 7.79. The minimum Gasteiger partial charge on any atom is -0.354 e. The normalized spacial score (nSPS) is 10.2. The maximum atomic E-state index is 12.3. The number of hydrogen-bond donors (Lipinski definition) is 2. The predicted molar refractivity (Wildman–Crippen MR) is 97.8 cm³/mol. The van der Waals surface area contributed by atoms with Crippen molar-refractivity contribution in [2.24, 2.45) is 0 Å². The molecule has 0 unspecified atom stereocenters. The fourth-order valence-electron chi connectivity index (χ4n) is 2.42. The third-order valence-corrected chi connectivity index (χ3v) is 3.82. The summed E-state index contributed by atoms with van der Waals surface area (Å²) in [7, 11) is 0. The number of aromatic nitrogens is 1. The van der Waals surface area contributed by atoms with Crippen LogP contribution in [-0.2, 0) is 0 Å². The highest BCUT2D eigenvalue weighted by atomic mass is 16.1. The summed E-state index contributed by atoms with van der Waals surface area (Å²) in [5.74, 6) is 0.374. The summed E-state index contributed by atoms with van der Waals surface area (Å²) in [5.41, 5.74) is 4.66. The molecule has 0 saturated heterocycles. The molecular weight excluding hydrogens is 298 g/mol. The monoisotopic (exact) mass is 317 g/mol. The van der Waals surface area contributed by atoms with E-state index in [0.717, 1.165) is 22.5 Å². The number of benzene rings is 2. The minimum absolute atomic E-state index is 0.153. The molecule has 0 atom stereocenters. The van der Waals surface area contributed by atoms with Gasteiger partial charge in [-0.05, 0) is 49.2 Å². The third-order valence-electron chi connectivity index (χ3n) is 3.82. The second-order valence-corrected chi connectivity index (χ2v) is 5.64. The van der Waals surface area contributed by atoms with Crippen molar-refractivity contribution in [1.82, 2.24) is 4.98 Å². The lowest BCUT2D eigenvalue weighted by molar-refractivity contribution is 0.102. The van der Waals surface area contributed by atoms with Crippen molar-refractivity contribution in [2.45, 2.75) is 13.8 Å². The van der Waals surface area contributed by atoms with Crippen LogP contribution in [0.3, 0.4) is 0 Å². The number of rotatable bonds is 4. The van der Waals surface area contributed by atoms with Gasteiger partial charge in [0.2, 0.25) is 0 Å². The number of para-hydroxylation sites is 1. The first kappa shape index (κ1) is 15.7. The summed E-state index contributed by atoms with van der Waals surface area (Å²) in [6.45, 7) is 3.96. The number of anilines is 3. The Hall–Kier alpha value is -3.14. The van der Waals surface area contributed by atoms with Crippen molar-refractivity contribution < 1.29 is 4.79 Å². The fraction of sp³-hybridized carbons (Fsp3) is 0.100. The van der Waals surface area contributed by atoms with Gasteiger partial charge in [0.15, 0.2) is 0 Å². The maximum Gasteiger partial charge on any atom is 0.257 e. The van der Waals surface area contributed by atoms with Gasteiger partial charge in [-0.15, -0.1) is 0 Å². The molecule has 1 aromatic heterocycles. The van der Waals surface area contributed by atoms with Gasteiger partial charge in [0.1, 0.15) is 5.82 Å². The maximum absolute atomic E-state index is 12.3. The van der Waals surface area contributed by atoms with E-state index in [0.29, 0.717) is 11.4 Å². The summed E-state index contributed by atoms with van der Waals surface area (Å²) in [5, 5.41) is 6.14. The highest BCUT2D eigenvalue weighted by Gasteiger charge is 2.09. The Morgan fingerprint density at radius 2 is 1.58 bits per heavy atom. The van der Waals surface area contributed by atoms with Crippen molar-refractivity contribution in [2.75, 3.05) is 10.6 Å². The standard InChI is InChI=1S/C20H19N3O/c1-14-7-3-5-9-17(14)20(24)23-19-12-11-16(13-21-19)22-18-10-6-4-8-15(18)2/h3-13,22H,1-2H3,(H,21,23,24). The number of nitrogens with zero attached hydrogens (tertiary/aromatic N) is 1. The number of amides is 1. The van der Waals surface area contributed by atoms with Gasteiger partial charge < -0.3 is 10.6 Å². The van der Waals surface area contributed by atoms with Crippen LogP contribution in [0.5, 0.6) is 0 Å². The Labute approximate surface area is 141 Å². The molecule has 24 heavy (non-hydrogen) atoms. The molecule has 0 aliphatic carbocycles. The van der Waals surface area contributed by atoms with Crippen molar-refractivity contribution in [1.29, 1.82) is 0 Å². The molecular formula is C20H19N3O. The van der Waals surface area contributed by atoms with E-state index in [4.69, 9.17) is 0 Å². The predicted octanol–water partition coefficient (Wildman–Crippen LogP) is 4.69. The van der Waals surface area contributed by atoms with E-state index in [9.17, 15) is 4.79 Å². The molecule has 0 aliphatic rings. The van der Waals surface area contributed by atoms with E-state index >= 15 is 0 Å². The number of pyridine rings is 1. The van der Waals surface area contributed by atoms with Crippen LogP contribution in [0.4, 0.5) is 17.2 Å². The molecule has 2 aromatic carbocycles. The van der Waals surface area contributed by atoms with Crippen LogP contribution in [0.15, 0.2) is 66.9 Å². The quantitative estimate of drug-likeness (QED) is 0.733. The van der Waals surface area contributed by atoms with E-state index in [1.54, 1.807) is 18.3 Å². The molecule has 0 aliphatic heterocycles. The molecule has 0 saturated carbocycles. The van der Waals surface area contributed by atoms with Gasteiger partial charge in [-0.1, -0.05) is 36.4 Å². The summed E-state index contributed by atoms with van der Waals surface area (Å²) in [6.07, 6.45) is 1.71. The van der Waals surface area contributed by atoms with Gasteiger partial charge in [-0.25, -0.2) is 4.98 Å². The summed E-state index contributed by atoms with van der Waals surface area (Å²) < 4.78 is 0. The zero-order valence-corrected chi connectivity index (χ0v) is 13.7. The average molecular weight is 317 g/mol. The molecule has 0 radical (unpaired) electrons. The van der Waals surface area contributed by atoms with Crippen molar-refractivity contribution >= 4 is 23.1 Å². The van der Waals surface area contributed by atoms with Crippen molar-refractivity contribution in [3.8, 4) is 0 Å². The Balaban J connectivity index is 1.70. The van der Waals surface area contributed by atoms with Crippen LogP contribution < -0.4 is 10.6 Å². The Bertz CT molecular complexity index is 857. The van der Waals surface area contributed by atoms with Crippen LogP contribution in [0, 0.1) is 13.8 Å². The molecule has 0 fully saturated rings. The number of carbonyl (C=O) groups excluding carboxylic acids is 1. The van der Waals surface area contributed by atoms with E-state index in [1.165, 1.54) is 0 Å². The molecule has 1 heterocycles. The molecule has 1 amide bonds. The molecule has 2 N–H and O–H groups in total. The molecule has 3 aromatic rings. The number of aryl methyl sites for hydroxylation is 2. The van der Waals surface area contributed by atoms with Crippen molar-refractivity contribution in [3.63, 3.8) is 0 Å². The third kappa shape index (κ3) is 3.60. The van der Waals surface area contributed by atoms with Gasteiger partial charge >= 0.3 is 0 Å². The number of hydrogen-bond acceptors (Lipinski definition) is 3.